The van der Waals surface area contributed by atoms with Crippen LogP contribution in [0.5, 0.6) is 0 Å². The van der Waals surface area contributed by atoms with Crippen molar-refractivity contribution in [2.75, 3.05) is 13.1 Å². The molecule has 156 valence electrons. The first-order chi connectivity index (χ1) is 14.3. The molecule has 3 aromatic rings. The highest BCUT2D eigenvalue weighted by atomic mass is 16.6. The van der Waals surface area contributed by atoms with E-state index in [-0.39, 0.29) is 31.3 Å². The Bertz CT molecular complexity index is 1070. The summed E-state index contributed by atoms with van der Waals surface area (Å²) < 4.78 is 6.21. The van der Waals surface area contributed by atoms with E-state index in [4.69, 9.17) is 4.52 Å². The summed E-state index contributed by atoms with van der Waals surface area (Å²) in [5, 5.41) is 23.4. The molecule has 3 rings (SSSR count). The van der Waals surface area contributed by atoms with Crippen molar-refractivity contribution in [3.8, 4) is 11.4 Å². The minimum Gasteiger partial charge on any atom is -0.358 e. The molecule has 0 unspecified atom stereocenters. The van der Waals surface area contributed by atoms with Crippen LogP contribution < -0.4 is 10.6 Å². The number of benzene rings is 1. The zero-order valence-corrected chi connectivity index (χ0v) is 16.3. The number of aryl methyl sites for hydroxylation is 2. The SMILES string of the molecule is Cc1ccc(-c2noc(C(=O)NCCNC(=O)Cn3nc([N+](=O)[O-])cc3C)n2)cc1. The summed E-state index contributed by atoms with van der Waals surface area (Å²) in [6.45, 7) is 3.68. The number of hydrogen-bond donors (Lipinski definition) is 2. The van der Waals surface area contributed by atoms with Crippen LogP contribution in [-0.4, -0.2) is 49.7 Å². The van der Waals surface area contributed by atoms with E-state index < -0.39 is 16.7 Å². The van der Waals surface area contributed by atoms with Gasteiger partial charge in [0.2, 0.25) is 11.7 Å². The third kappa shape index (κ3) is 5.04. The third-order valence-electron chi connectivity index (χ3n) is 4.11. The highest BCUT2D eigenvalue weighted by Crippen LogP contribution is 2.16. The molecule has 0 fully saturated rings. The number of aromatic nitrogens is 4. The molecule has 30 heavy (non-hydrogen) atoms. The van der Waals surface area contributed by atoms with E-state index in [1.165, 1.54) is 10.7 Å². The molecule has 2 heterocycles. The fourth-order valence-corrected chi connectivity index (χ4v) is 2.52. The van der Waals surface area contributed by atoms with Crippen LogP contribution in [0.25, 0.3) is 11.4 Å². The van der Waals surface area contributed by atoms with E-state index in [1.807, 2.05) is 31.2 Å². The normalized spacial score (nSPS) is 10.6. The van der Waals surface area contributed by atoms with E-state index in [2.05, 4.69) is 25.9 Å². The predicted molar refractivity (Wildman–Crippen MR) is 103 cm³/mol. The third-order valence-corrected chi connectivity index (χ3v) is 4.11. The molecule has 0 aliphatic carbocycles. The van der Waals surface area contributed by atoms with E-state index >= 15 is 0 Å². The molecule has 0 bridgehead atoms. The Morgan fingerprint density at radius 3 is 2.53 bits per heavy atom. The first-order valence-electron chi connectivity index (χ1n) is 8.98. The van der Waals surface area contributed by atoms with Crippen LogP contribution in [0.15, 0.2) is 34.9 Å². The lowest BCUT2D eigenvalue weighted by Gasteiger charge is -2.05. The zero-order chi connectivity index (χ0) is 21.7. The summed E-state index contributed by atoms with van der Waals surface area (Å²) >= 11 is 0. The van der Waals surface area contributed by atoms with Crippen LogP contribution in [0.2, 0.25) is 0 Å². The number of nitrogens with one attached hydrogen (secondary N) is 2. The van der Waals surface area contributed by atoms with Crippen molar-refractivity contribution in [3.63, 3.8) is 0 Å². The largest absolute Gasteiger partial charge is 0.390 e. The number of nitro groups is 1. The van der Waals surface area contributed by atoms with Crippen LogP contribution in [-0.2, 0) is 11.3 Å². The van der Waals surface area contributed by atoms with Gasteiger partial charge < -0.3 is 25.3 Å². The van der Waals surface area contributed by atoms with E-state index in [9.17, 15) is 19.7 Å². The molecule has 0 aliphatic heterocycles. The van der Waals surface area contributed by atoms with Gasteiger partial charge in [-0.3, -0.25) is 9.59 Å². The molecular weight excluding hydrogens is 394 g/mol. The van der Waals surface area contributed by atoms with E-state index in [1.54, 1.807) is 6.92 Å². The van der Waals surface area contributed by atoms with Gasteiger partial charge in [-0.2, -0.15) is 9.67 Å². The number of hydrogen-bond acceptors (Lipinski definition) is 8. The molecule has 12 heteroatoms. The van der Waals surface area contributed by atoms with Crippen molar-refractivity contribution >= 4 is 17.6 Å². The highest BCUT2D eigenvalue weighted by molar-refractivity contribution is 5.89. The van der Waals surface area contributed by atoms with Gasteiger partial charge in [-0.1, -0.05) is 35.0 Å². The van der Waals surface area contributed by atoms with Crippen LogP contribution in [0.3, 0.4) is 0 Å². The summed E-state index contributed by atoms with van der Waals surface area (Å²) in [4.78, 5) is 38.2. The molecule has 0 spiro atoms. The second-order valence-corrected chi connectivity index (χ2v) is 6.45. The fraction of sp³-hybridized carbons (Fsp3) is 0.278. The summed E-state index contributed by atoms with van der Waals surface area (Å²) in [6, 6.07) is 8.73. The van der Waals surface area contributed by atoms with Crippen molar-refractivity contribution in [3.05, 3.63) is 57.6 Å². The molecule has 2 aromatic heterocycles. The lowest BCUT2D eigenvalue weighted by Crippen LogP contribution is -2.36. The van der Waals surface area contributed by atoms with Gasteiger partial charge in [0.05, 0.1) is 16.9 Å². The van der Waals surface area contributed by atoms with Gasteiger partial charge in [0, 0.05) is 18.7 Å². The average Bonchev–Trinajstić information content (AvgIpc) is 3.33. The topological polar surface area (TPSA) is 158 Å². The van der Waals surface area contributed by atoms with Gasteiger partial charge in [-0.25, -0.2) is 0 Å². The smallest absolute Gasteiger partial charge is 0.358 e. The van der Waals surface area contributed by atoms with Gasteiger partial charge >= 0.3 is 17.6 Å². The lowest BCUT2D eigenvalue weighted by molar-refractivity contribution is -0.389. The molecule has 2 amide bonds. The standard InChI is InChI=1S/C18H19N7O5/c1-11-3-5-13(6-4-11)16-21-18(30-23-16)17(27)20-8-7-19-15(26)10-24-12(2)9-14(22-24)25(28)29/h3-6,9H,7-8,10H2,1-2H3,(H,19,26)(H,20,27). The maximum atomic E-state index is 12.1. The molecule has 12 nitrogen and oxygen atoms in total. The highest BCUT2D eigenvalue weighted by Gasteiger charge is 2.18. The molecule has 0 saturated heterocycles. The zero-order valence-electron chi connectivity index (χ0n) is 16.3. The number of carbonyl (C=O) groups is 2. The molecule has 0 aliphatic rings. The van der Waals surface area contributed by atoms with Crippen LogP contribution in [0, 0.1) is 24.0 Å². The Labute approximate surface area is 170 Å². The number of carbonyl (C=O) groups excluding carboxylic acids is 2. The second kappa shape index (κ2) is 8.94. The number of rotatable bonds is 8. The van der Waals surface area contributed by atoms with Crippen molar-refractivity contribution in [1.82, 2.24) is 30.6 Å². The minimum atomic E-state index is -0.626. The summed E-state index contributed by atoms with van der Waals surface area (Å²) in [5.74, 6) is -1.16. The van der Waals surface area contributed by atoms with Crippen LogP contribution >= 0.6 is 0 Å². The Hall–Kier alpha value is -4.09. The monoisotopic (exact) mass is 413 g/mol. The molecule has 0 radical (unpaired) electrons. The van der Waals surface area contributed by atoms with Crippen LogP contribution in [0.4, 0.5) is 5.82 Å². The molecule has 2 N–H and O–H groups in total. The Balaban J connectivity index is 1.44. The average molecular weight is 413 g/mol. The van der Waals surface area contributed by atoms with Crippen molar-refractivity contribution in [2.45, 2.75) is 20.4 Å². The molecule has 0 saturated carbocycles. The number of amides is 2. The summed E-state index contributed by atoms with van der Waals surface area (Å²) in [5.41, 5.74) is 2.30. The van der Waals surface area contributed by atoms with Gasteiger partial charge in [0.25, 0.3) is 0 Å². The predicted octanol–water partition coefficient (Wildman–Crippen LogP) is 1.00. The van der Waals surface area contributed by atoms with Gasteiger partial charge in [0.15, 0.2) is 0 Å². The van der Waals surface area contributed by atoms with Gasteiger partial charge in [-0.05, 0) is 18.8 Å². The Morgan fingerprint density at radius 2 is 1.87 bits per heavy atom. The molecular formula is C18H19N7O5. The van der Waals surface area contributed by atoms with Gasteiger partial charge in [0.1, 0.15) is 6.54 Å². The Morgan fingerprint density at radius 1 is 1.17 bits per heavy atom. The molecule has 1 aromatic carbocycles. The van der Waals surface area contributed by atoms with E-state index in [0.29, 0.717) is 11.5 Å². The first-order valence-corrected chi connectivity index (χ1v) is 8.98. The summed E-state index contributed by atoms with van der Waals surface area (Å²) in [7, 11) is 0. The summed E-state index contributed by atoms with van der Waals surface area (Å²) in [6.07, 6.45) is 0. The lowest BCUT2D eigenvalue weighted by atomic mass is 10.1. The number of nitrogens with zero attached hydrogens (tertiary/aromatic N) is 5. The maximum Gasteiger partial charge on any atom is 0.390 e. The first kappa shape index (κ1) is 20.6. The second-order valence-electron chi connectivity index (χ2n) is 6.45. The van der Waals surface area contributed by atoms with Crippen molar-refractivity contribution in [2.24, 2.45) is 0 Å². The van der Waals surface area contributed by atoms with Crippen LogP contribution in [0.1, 0.15) is 21.9 Å². The van der Waals surface area contributed by atoms with Crippen molar-refractivity contribution in [1.29, 1.82) is 0 Å². The molecule has 0 atom stereocenters. The van der Waals surface area contributed by atoms with Gasteiger partial charge in [-0.15, -0.1) is 0 Å². The fourth-order valence-electron chi connectivity index (χ4n) is 2.52. The minimum absolute atomic E-state index is 0.130. The quantitative estimate of drug-likeness (QED) is 0.314. The Kier molecular flexibility index (Phi) is 6.15. The van der Waals surface area contributed by atoms with E-state index in [0.717, 1.165) is 11.1 Å². The van der Waals surface area contributed by atoms with Crippen molar-refractivity contribution < 1.29 is 19.0 Å². The maximum absolute atomic E-state index is 12.1.